The van der Waals surface area contributed by atoms with Gasteiger partial charge in [0, 0.05) is 35.2 Å². The minimum absolute atomic E-state index is 0.121. The van der Waals surface area contributed by atoms with Gasteiger partial charge in [-0.1, -0.05) is 41.4 Å². The minimum atomic E-state index is -3.65. The van der Waals surface area contributed by atoms with Gasteiger partial charge >= 0.3 is 0 Å². The van der Waals surface area contributed by atoms with Crippen LogP contribution in [-0.4, -0.2) is 45.4 Å². The van der Waals surface area contributed by atoms with E-state index >= 15 is 0 Å². The lowest BCUT2D eigenvalue weighted by Gasteiger charge is -2.31. The molecule has 1 aliphatic heterocycles. The third-order valence-electron chi connectivity index (χ3n) is 5.41. The Hall–Kier alpha value is -1.80. The number of nitrogens with one attached hydrogen (secondary N) is 1. The summed E-state index contributed by atoms with van der Waals surface area (Å²) in [6.45, 7) is 1.04. The Morgan fingerprint density at radius 2 is 1.84 bits per heavy atom. The maximum Gasteiger partial charge on any atom is 0.224 e. The summed E-state index contributed by atoms with van der Waals surface area (Å²) in [6.07, 6.45) is 1.98. The van der Waals surface area contributed by atoms with Crippen LogP contribution in [0.4, 0.5) is 0 Å². The molecule has 0 radical (unpaired) electrons. The van der Waals surface area contributed by atoms with Crippen LogP contribution in [0.15, 0.2) is 42.5 Å². The summed E-state index contributed by atoms with van der Waals surface area (Å²) < 4.78 is 32.4. The van der Waals surface area contributed by atoms with Gasteiger partial charge in [0.05, 0.1) is 18.8 Å². The first kappa shape index (κ1) is 23.9. The molecule has 0 aromatic heterocycles. The number of rotatable bonds is 8. The topological polar surface area (TPSA) is 75.7 Å². The van der Waals surface area contributed by atoms with Crippen molar-refractivity contribution in [3.63, 3.8) is 0 Å². The van der Waals surface area contributed by atoms with E-state index < -0.39 is 10.0 Å². The van der Waals surface area contributed by atoms with E-state index in [9.17, 15) is 13.2 Å². The summed E-state index contributed by atoms with van der Waals surface area (Å²) in [5.74, 6) is 0.0109. The number of hydrogen-bond donors (Lipinski definition) is 1. The number of piperidine rings is 1. The van der Waals surface area contributed by atoms with E-state index in [2.05, 4.69) is 5.32 Å². The molecule has 1 N–H and O–H groups in total. The molecule has 0 bridgehead atoms. The fraction of sp³-hybridized carbons (Fsp3) is 0.409. The molecule has 1 atom stereocenters. The van der Waals surface area contributed by atoms with Gasteiger partial charge in [-0.2, -0.15) is 0 Å². The van der Waals surface area contributed by atoms with Crippen molar-refractivity contribution in [3.05, 3.63) is 63.6 Å². The molecule has 1 amide bonds. The first-order valence-corrected chi connectivity index (χ1v) is 12.5. The van der Waals surface area contributed by atoms with E-state index in [1.54, 1.807) is 25.3 Å². The fourth-order valence-corrected chi connectivity index (χ4v) is 5.98. The first-order chi connectivity index (χ1) is 14.8. The van der Waals surface area contributed by atoms with Crippen molar-refractivity contribution in [1.82, 2.24) is 9.62 Å². The molecule has 6 nitrogen and oxygen atoms in total. The highest BCUT2D eigenvalue weighted by atomic mass is 35.5. The Morgan fingerprint density at radius 1 is 1.16 bits per heavy atom. The highest BCUT2D eigenvalue weighted by Gasteiger charge is 2.33. The lowest BCUT2D eigenvalue weighted by atomic mass is 9.99. The van der Waals surface area contributed by atoms with Crippen molar-refractivity contribution in [2.45, 2.75) is 25.0 Å². The molecular formula is C22H26Cl2N2O4S. The van der Waals surface area contributed by atoms with Crippen LogP contribution in [0.3, 0.4) is 0 Å². The van der Waals surface area contributed by atoms with E-state index in [4.69, 9.17) is 27.9 Å². The Balaban J connectivity index is 1.55. The summed E-state index contributed by atoms with van der Waals surface area (Å²) in [6, 6.07) is 12.6. The van der Waals surface area contributed by atoms with Crippen molar-refractivity contribution in [2.75, 3.05) is 26.7 Å². The Kier molecular flexibility index (Phi) is 8.22. The summed E-state index contributed by atoms with van der Waals surface area (Å²) in [5.41, 5.74) is 1.47. The second kappa shape index (κ2) is 10.7. The molecule has 2 aromatic carbocycles. The SMILES string of the molecule is COc1ccc(CCNC(=O)C2CCCN(S(=O)(=O)Cc3c(Cl)cccc3Cl)C2)cc1. The lowest BCUT2D eigenvalue weighted by molar-refractivity contribution is -0.126. The largest absolute Gasteiger partial charge is 0.497 e. The van der Waals surface area contributed by atoms with Crippen LogP contribution in [0.25, 0.3) is 0 Å². The van der Waals surface area contributed by atoms with Crippen molar-refractivity contribution < 1.29 is 17.9 Å². The third kappa shape index (κ3) is 6.35. The molecule has 9 heteroatoms. The molecule has 0 aliphatic carbocycles. The van der Waals surface area contributed by atoms with E-state index in [0.717, 1.165) is 11.3 Å². The number of hydrogen-bond acceptors (Lipinski definition) is 4. The fourth-order valence-electron chi connectivity index (χ4n) is 3.62. The molecule has 0 spiro atoms. The van der Waals surface area contributed by atoms with Crippen molar-refractivity contribution in [1.29, 1.82) is 0 Å². The first-order valence-electron chi connectivity index (χ1n) is 10.1. The lowest BCUT2D eigenvalue weighted by Crippen LogP contribution is -2.46. The zero-order chi connectivity index (χ0) is 22.4. The van der Waals surface area contributed by atoms with Crippen LogP contribution in [0, 0.1) is 5.92 Å². The van der Waals surface area contributed by atoms with Gasteiger partial charge in [0.25, 0.3) is 0 Å². The van der Waals surface area contributed by atoms with E-state index in [-0.39, 0.29) is 24.1 Å². The number of sulfonamides is 1. The number of carbonyl (C=O) groups is 1. The molecule has 1 unspecified atom stereocenters. The van der Waals surface area contributed by atoms with Gasteiger partial charge < -0.3 is 10.1 Å². The average Bonchev–Trinajstić information content (AvgIpc) is 2.77. The highest BCUT2D eigenvalue weighted by molar-refractivity contribution is 7.88. The number of carbonyl (C=O) groups excluding carboxylic acids is 1. The smallest absolute Gasteiger partial charge is 0.224 e. The van der Waals surface area contributed by atoms with Crippen molar-refractivity contribution in [2.24, 2.45) is 5.92 Å². The maximum absolute atomic E-state index is 12.9. The molecule has 1 fully saturated rings. The second-order valence-corrected chi connectivity index (χ2v) is 10.3. The van der Waals surface area contributed by atoms with Gasteiger partial charge in [0.15, 0.2) is 0 Å². The van der Waals surface area contributed by atoms with Gasteiger partial charge in [0.1, 0.15) is 5.75 Å². The zero-order valence-electron chi connectivity index (χ0n) is 17.3. The number of methoxy groups -OCH3 is 1. The van der Waals surface area contributed by atoms with Gasteiger partial charge in [-0.3, -0.25) is 4.79 Å². The summed E-state index contributed by atoms with van der Waals surface area (Å²) in [4.78, 5) is 12.6. The minimum Gasteiger partial charge on any atom is -0.497 e. The van der Waals surface area contributed by atoms with Crippen molar-refractivity contribution >= 4 is 39.1 Å². The predicted octanol–water partition coefficient (Wildman–Crippen LogP) is 3.90. The average molecular weight is 485 g/mol. The molecule has 1 aliphatic rings. The Morgan fingerprint density at radius 3 is 2.48 bits per heavy atom. The Labute approximate surface area is 193 Å². The molecule has 1 saturated heterocycles. The van der Waals surface area contributed by atoms with Gasteiger partial charge in [-0.05, 0) is 49.1 Å². The predicted molar refractivity (Wildman–Crippen MR) is 123 cm³/mol. The monoisotopic (exact) mass is 484 g/mol. The number of nitrogens with zero attached hydrogens (tertiary/aromatic N) is 1. The van der Waals surface area contributed by atoms with Crippen LogP contribution in [0.1, 0.15) is 24.0 Å². The molecule has 1 heterocycles. The number of benzene rings is 2. The molecule has 2 aromatic rings. The van der Waals surface area contributed by atoms with E-state index in [1.807, 2.05) is 24.3 Å². The normalized spacial score (nSPS) is 17.3. The van der Waals surface area contributed by atoms with E-state index in [0.29, 0.717) is 48.0 Å². The van der Waals surface area contributed by atoms with Crippen LogP contribution >= 0.6 is 23.2 Å². The summed E-state index contributed by atoms with van der Waals surface area (Å²) >= 11 is 12.3. The van der Waals surface area contributed by atoms with Crippen LogP contribution in [0.2, 0.25) is 10.0 Å². The number of ether oxygens (including phenoxy) is 1. The zero-order valence-corrected chi connectivity index (χ0v) is 19.6. The molecule has 0 saturated carbocycles. The van der Waals surface area contributed by atoms with Gasteiger partial charge in [-0.25, -0.2) is 12.7 Å². The Bertz CT molecular complexity index is 992. The number of halogens is 2. The summed E-state index contributed by atoms with van der Waals surface area (Å²) in [5, 5.41) is 3.58. The van der Waals surface area contributed by atoms with Crippen LogP contribution in [-0.2, 0) is 27.0 Å². The molecule has 31 heavy (non-hydrogen) atoms. The molecule has 168 valence electrons. The van der Waals surface area contributed by atoms with E-state index in [1.165, 1.54) is 4.31 Å². The van der Waals surface area contributed by atoms with Crippen LogP contribution in [0.5, 0.6) is 5.75 Å². The quantitative estimate of drug-likeness (QED) is 0.616. The maximum atomic E-state index is 12.9. The number of amides is 1. The summed E-state index contributed by atoms with van der Waals surface area (Å²) in [7, 11) is -2.03. The van der Waals surface area contributed by atoms with Crippen molar-refractivity contribution in [3.8, 4) is 5.75 Å². The molecule has 3 rings (SSSR count). The standard InChI is InChI=1S/C22H26Cl2N2O4S/c1-30-18-9-7-16(8-10-18)11-12-25-22(27)17-4-3-13-26(14-17)31(28,29)15-19-20(23)5-2-6-21(19)24/h2,5-10,17H,3-4,11-15H2,1H3,(H,25,27). The highest BCUT2D eigenvalue weighted by Crippen LogP contribution is 2.29. The van der Waals surface area contributed by atoms with Gasteiger partial charge in [-0.15, -0.1) is 0 Å². The van der Waals surface area contributed by atoms with Gasteiger partial charge in [0.2, 0.25) is 15.9 Å². The second-order valence-electron chi connectivity index (χ2n) is 7.54. The molecular weight excluding hydrogens is 459 g/mol. The van der Waals surface area contributed by atoms with Crippen LogP contribution < -0.4 is 10.1 Å². The third-order valence-corrected chi connectivity index (χ3v) is 7.89.